The van der Waals surface area contributed by atoms with Crippen LogP contribution in [-0.2, 0) is 4.79 Å². The van der Waals surface area contributed by atoms with Crippen molar-refractivity contribution in [2.75, 3.05) is 24.6 Å². The molecule has 1 aliphatic heterocycles. The summed E-state index contributed by atoms with van der Waals surface area (Å²) in [6.07, 6.45) is 3.55. The number of hydrogen-bond acceptors (Lipinski definition) is 2. The van der Waals surface area contributed by atoms with Gasteiger partial charge in [-0.25, -0.2) is 0 Å². The summed E-state index contributed by atoms with van der Waals surface area (Å²) in [5.41, 5.74) is 1.07. The van der Waals surface area contributed by atoms with Crippen molar-refractivity contribution >= 4 is 23.7 Å². The van der Waals surface area contributed by atoms with Crippen molar-refractivity contribution < 1.29 is 4.79 Å². The molecule has 1 aliphatic rings. The summed E-state index contributed by atoms with van der Waals surface area (Å²) in [4.78, 5) is 13.7. The third-order valence-corrected chi connectivity index (χ3v) is 3.48. The van der Waals surface area contributed by atoms with Gasteiger partial charge < -0.3 is 4.90 Å². The van der Waals surface area contributed by atoms with Crippen LogP contribution in [0.1, 0.15) is 5.56 Å². The standard InChI is InChI=1S/C13H15NOS/c15-13(14-8-10-16-11-9-14)7-6-12-4-2-1-3-5-12/h1-7H,8-11H2. The van der Waals surface area contributed by atoms with E-state index in [2.05, 4.69) is 0 Å². The zero-order valence-corrected chi connectivity index (χ0v) is 9.95. The van der Waals surface area contributed by atoms with Crippen molar-refractivity contribution in [1.82, 2.24) is 4.90 Å². The van der Waals surface area contributed by atoms with Gasteiger partial charge >= 0.3 is 0 Å². The molecule has 0 spiro atoms. The molecule has 1 heterocycles. The number of benzene rings is 1. The predicted octanol–water partition coefficient (Wildman–Crippen LogP) is 2.28. The van der Waals surface area contributed by atoms with Crippen LogP contribution in [0.5, 0.6) is 0 Å². The Bertz CT molecular complexity index is 369. The van der Waals surface area contributed by atoms with Gasteiger partial charge in [0.05, 0.1) is 0 Å². The molecular weight excluding hydrogens is 218 g/mol. The molecule has 1 saturated heterocycles. The van der Waals surface area contributed by atoms with E-state index in [-0.39, 0.29) is 5.91 Å². The second kappa shape index (κ2) is 5.75. The zero-order chi connectivity index (χ0) is 11.2. The Morgan fingerprint density at radius 1 is 1.19 bits per heavy atom. The molecule has 2 nitrogen and oxygen atoms in total. The van der Waals surface area contributed by atoms with Gasteiger partial charge in [-0.1, -0.05) is 30.3 Å². The zero-order valence-electron chi connectivity index (χ0n) is 9.13. The highest BCUT2D eigenvalue weighted by Gasteiger charge is 2.13. The molecule has 0 radical (unpaired) electrons. The maximum absolute atomic E-state index is 11.8. The third kappa shape index (κ3) is 3.14. The molecule has 0 bridgehead atoms. The van der Waals surface area contributed by atoms with Crippen LogP contribution in [0.3, 0.4) is 0 Å². The summed E-state index contributed by atoms with van der Waals surface area (Å²) in [5.74, 6) is 2.25. The average molecular weight is 233 g/mol. The number of hydrogen-bond donors (Lipinski definition) is 0. The van der Waals surface area contributed by atoms with E-state index in [0.29, 0.717) is 0 Å². The lowest BCUT2D eigenvalue weighted by Crippen LogP contribution is -2.36. The van der Waals surface area contributed by atoms with Crippen LogP contribution in [0.25, 0.3) is 6.08 Å². The second-order valence-electron chi connectivity index (χ2n) is 3.68. The molecular formula is C13H15NOS. The summed E-state index contributed by atoms with van der Waals surface area (Å²) >= 11 is 1.91. The van der Waals surface area contributed by atoms with Gasteiger partial charge in [0, 0.05) is 30.7 Å². The number of rotatable bonds is 2. The number of amides is 1. The minimum atomic E-state index is 0.129. The lowest BCUT2D eigenvalue weighted by Gasteiger charge is -2.25. The Hall–Kier alpha value is -1.22. The van der Waals surface area contributed by atoms with Crippen molar-refractivity contribution in [2.24, 2.45) is 0 Å². The lowest BCUT2D eigenvalue weighted by molar-refractivity contribution is -0.125. The first-order valence-corrected chi connectivity index (χ1v) is 6.61. The van der Waals surface area contributed by atoms with E-state index in [1.165, 1.54) is 0 Å². The van der Waals surface area contributed by atoms with E-state index >= 15 is 0 Å². The predicted molar refractivity (Wildman–Crippen MR) is 69.4 cm³/mol. The molecule has 84 valence electrons. The highest BCUT2D eigenvalue weighted by atomic mass is 32.2. The monoisotopic (exact) mass is 233 g/mol. The summed E-state index contributed by atoms with van der Waals surface area (Å²) in [6.45, 7) is 1.76. The van der Waals surface area contributed by atoms with Crippen LogP contribution in [-0.4, -0.2) is 35.4 Å². The Morgan fingerprint density at radius 3 is 2.56 bits per heavy atom. The van der Waals surface area contributed by atoms with E-state index in [1.54, 1.807) is 6.08 Å². The molecule has 1 aromatic carbocycles. The van der Waals surface area contributed by atoms with Crippen LogP contribution >= 0.6 is 11.8 Å². The maximum atomic E-state index is 11.8. The van der Waals surface area contributed by atoms with Crippen molar-refractivity contribution in [1.29, 1.82) is 0 Å². The molecule has 0 atom stereocenters. The Morgan fingerprint density at radius 2 is 1.88 bits per heavy atom. The van der Waals surface area contributed by atoms with Gasteiger partial charge in [0.2, 0.25) is 5.91 Å². The van der Waals surface area contributed by atoms with Gasteiger partial charge in [-0.05, 0) is 11.6 Å². The van der Waals surface area contributed by atoms with Gasteiger partial charge in [0.1, 0.15) is 0 Å². The largest absolute Gasteiger partial charge is 0.338 e. The van der Waals surface area contributed by atoms with Crippen LogP contribution in [0.15, 0.2) is 36.4 Å². The molecule has 16 heavy (non-hydrogen) atoms. The molecule has 2 rings (SSSR count). The second-order valence-corrected chi connectivity index (χ2v) is 4.91. The van der Waals surface area contributed by atoms with E-state index in [0.717, 1.165) is 30.2 Å². The van der Waals surface area contributed by atoms with Crippen molar-refractivity contribution in [2.45, 2.75) is 0 Å². The van der Waals surface area contributed by atoms with E-state index < -0.39 is 0 Å². The smallest absolute Gasteiger partial charge is 0.246 e. The van der Waals surface area contributed by atoms with E-state index in [4.69, 9.17) is 0 Å². The van der Waals surface area contributed by atoms with Crippen molar-refractivity contribution in [3.8, 4) is 0 Å². The van der Waals surface area contributed by atoms with Crippen LogP contribution in [0.2, 0.25) is 0 Å². The minimum Gasteiger partial charge on any atom is -0.338 e. The topological polar surface area (TPSA) is 20.3 Å². The Balaban J connectivity index is 1.93. The first-order valence-electron chi connectivity index (χ1n) is 5.46. The fourth-order valence-corrected chi connectivity index (χ4v) is 2.52. The van der Waals surface area contributed by atoms with Gasteiger partial charge in [-0.2, -0.15) is 11.8 Å². The molecule has 3 heteroatoms. The molecule has 1 fully saturated rings. The van der Waals surface area contributed by atoms with Gasteiger partial charge in [0.25, 0.3) is 0 Å². The number of thioether (sulfide) groups is 1. The fourth-order valence-electron chi connectivity index (χ4n) is 1.62. The Labute approximate surface area is 100 Å². The van der Waals surface area contributed by atoms with E-state index in [9.17, 15) is 4.79 Å². The molecule has 0 aromatic heterocycles. The molecule has 0 saturated carbocycles. The third-order valence-electron chi connectivity index (χ3n) is 2.54. The summed E-state index contributed by atoms with van der Waals surface area (Å²) in [5, 5.41) is 0. The number of carbonyl (C=O) groups excluding carboxylic acids is 1. The highest BCUT2D eigenvalue weighted by Crippen LogP contribution is 2.10. The molecule has 0 aliphatic carbocycles. The maximum Gasteiger partial charge on any atom is 0.246 e. The van der Waals surface area contributed by atoms with Gasteiger partial charge in [-0.15, -0.1) is 0 Å². The van der Waals surface area contributed by atoms with Crippen molar-refractivity contribution in [3.63, 3.8) is 0 Å². The quantitative estimate of drug-likeness (QED) is 0.730. The van der Waals surface area contributed by atoms with Crippen molar-refractivity contribution in [3.05, 3.63) is 42.0 Å². The Kier molecular flexibility index (Phi) is 4.05. The van der Waals surface area contributed by atoms with Gasteiger partial charge in [-0.3, -0.25) is 4.79 Å². The lowest BCUT2D eigenvalue weighted by atomic mass is 10.2. The SMILES string of the molecule is O=C(C=Cc1ccccc1)N1CCSCC1. The summed E-state index contributed by atoms with van der Waals surface area (Å²) < 4.78 is 0. The molecule has 0 unspecified atom stereocenters. The molecule has 0 N–H and O–H groups in total. The van der Waals surface area contributed by atoms with Crippen LogP contribution in [0, 0.1) is 0 Å². The first kappa shape index (κ1) is 11.3. The number of carbonyl (C=O) groups is 1. The number of nitrogens with zero attached hydrogens (tertiary/aromatic N) is 1. The summed E-state index contributed by atoms with van der Waals surface area (Å²) in [7, 11) is 0. The van der Waals surface area contributed by atoms with E-state index in [1.807, 2.05) is 53.1 Å². The van der Waals surface area contributed by atoms with Crippen LogP contribution < -0.4 is 0 Å². The molecule has 1 amide bonds. The fraction of sp³-hybridized carbons (Fsp3) is 0.308. The normalized spacial score (nSPS) is 16.6. The van der Waals surface area contributed by atoms with Gasteiger partial charge in [0.15, 0.2) is 0 Å². The first-order chi connectivity index (χ1) is 7.86. The molecule has 1 aromatic rings. The minimum absolute atomic E-state index is 0.129. The van der Waals surface area contributed by atoms with Crippen LogP contribution in [0.4, 0.5) is 0 Å². The summed E-state index contributed by atoms with van der Waals surface area (Å²) in [6, 6.07) is 9.91. The average Bonchev–Trinajstić information content (AvgIpc) is 2.38. The highest BCUT2D eigenvalue weighted by molar-refractivity contribution is 7.99.